The van der Waals surface area contributed by atoms with Crippen molar-refractivity contribution in [3.05, 3.63) is 29.8 Å². The van der Waals surface area contributed by atoms with Crippen LogP contribution < -0.4 is 15.5 Å². The summed E-state index contributed by atoms with van der Waals surface area (Å²) in [6, 6.07) is 7.78. The van der Waals surface area contributed by atoms with Crippen LogP contribution in [0.3, 0.4) is 0 Å². The van der Waals surface area contributed by atoms with Gasteiger partial charge in [0.15, 0.2) is 5.16 Å². The summed E-state index contributed by atoms with van der Waals surface area (Å²) >= 11 is 2.86. The summed E-state index contributed by atoms with van der Waals surface area (Å²) in [5.74, 6) is 1.41. The Labute approximate surface area is 213 Å². The third kappa shape index (κ3) is 6.65. The third-order valence-electron chi connectivity index (χ3n) is 5.94. The number of benzene rings is 1. The Balaban J connectivity index is 1.30. The van der Waals surface area contributed by atoms with E-state index in [0.29, 0.717) is 22.2 Å². The zero-order valence-corrected chi connectivity index (χ0v) is 21.3. The number of piperazine rings is 1. The highest BCUT2D eigenvalue weighted by molar-refractivity contribution is 7.99. The normalized spacial score (nSPS) is 16.3. The maximum atomic E-state index is 12.0. The fraction of sp³-hybridized carbons (Fsp3) is 0.478. The monoisotopic (exact) mass is 511 g/mol. The number of hydrogen-bond donors (Lipinski definition) is 2. The Bertz CT molecular complexity index is 1110. The zero-order chi connectivity index (χ0) is 24.0. The van der Waals surface area contributed by atoms with Crippen LogP contribution in [0, 0.1) is 5.92 Å². The van der Waals surface area contributed by atoms with Gasteiger partial charge in [-0.3, -0.25) is 15.0 Å². The standard InChI is InChI=1S/C23H29N9OS2/c1-2-3-10-31-11-13-32(14-12-31)21-26-20(28-23-30-24-15-34-23)27-22(29-21)35-18-8-6-17(7-9-18)25-19(33)16-4-5-16/h6-9,15-16H,2-5,10-14H2,1H3,(H,25,33)(H,26,27,28,29,30). The molecule has 1 amide bonds. The number of unbranched alkanes of at least 4 members (excludes halogenated alkanes) is 1. The summed E-state index contributed by atoms with van der Waals surface area (Å²) in [4.78, 5) is 31.8. The maximum absolute atomic E-state index is 12.0. The molecule has 1 saturated carbocycles. The Morgan fingerprint density at radius 2 is 1.91 bits per heavy atom. The fourth-order valence-electron chi connectivity index (χ4n) is 3.77. The summed E-state index contributed by atoms with van der Waals surface area (Å²) in [6.45, 7) is 7.13. The quantitative estimate of drug-likeness (QED) is 0.416. The first-order valence-corrected chi connectivity index (χ1v) is 13.7. The largest absolute Gasteiger partial charge is 0.338 e. The minimum Gasteiger partial charge on any atom is -0.338 e. The van der Waals surface area contributed by atoms with Gasteiger partial charge >= 0.3 is 0 Å². The van der Waals surface area contributed by atoms with E-state index in [1.54, 1.807) is 5.51 Å². The molecule has 3 aromatic rings. The number of aromatic nitrogens is 5. The van der Waals surface area contributed by atoms with Crippen LogP contribution in [0.25, 0.3) is 0 Å². The molecule has 0 spiro atoms. The molecule has 3 heterocycles. The molecular weight excluding hydrogens is 482 g/mol. The molecule has 184 valence electrons. The molecule has 0 unspecified atom stereocenters. The van der Waals surface area contributed by atoms with Crippen LogP contribution in [-0.2, 0) is 4.79 Å². The molecule has 5 rings (SSSR count). The predicted octanol–water partition coefficient (Wildman–Crippen LogP) is 3.89. The molecule has 2 aliphatic rings. The number of nitrogens with zero attached hydrogens (tertiary/aromatic N) is 7. The SMILES string of the molecule is CCCCN1CCN(c2nc(Nc3nncs3)nc(Sc3ccc(NC(=O)C4CC4)cc3)n2)CC1. The smallest absolute Gasteiger partial charge is 0.234 e. The van der Waals surface area contributed by atoms with Gasteiger partial charge in [0.25, 0.3) is 0 Å². The van der Waals surface area contributed by atoms with Gasteiger partial charge in [0.2, 0.25) is 22.9 Å². The van der Waals surface area contributed by atoms with E-state index in [2.05, 4.69) is 47.5 Å². The second-order valence-corrected chi connectivity index (χ2v) is 10.6. The van der Waals surface area contributed by atoms with Crippen molar-refractivity contribution in [3.8, 4) is 0 Å². The van der Waals surface area contributed by atoms with E-state index in [-0.39, 0.29) is 11.8 Å². The number of anilines is 4. The third-order valence-corrected chi connectivity index (χ3v) is 7.42. The first-order valence-electron chi connectivity index (χ1n) is 12.0. The lowest BCUT2D eigenvalue weighted by Crippen LogP contribution is -2.47. The van der Waals surface area contributed by atoms with Gasteiger partial charge in [0.1, 0.15) is 5.51 Å². The summed E-state index contributed by atoms with van der Waals surface area (Å²) in [7, 11) is 0. The minimum absolute atomic E-state index is 0.106. The molecule has 1 aliphatic carbocycles. The van der Waals surface area contributed by atoms with Gasteiger partial charge in [-0.05, 0) is 61.8 Å². The summed E-state index contributed by atoms with van der Waals surface area (Å²) in [6.07, 6.45) is 4.42. The van der Waals surface area contributed by atoms with E-state index in [4.69, 9.17) is 4.98 Å². The van der Waals surface area contributed by atoms with Crippen molar-refractivity contribution in [2.75, 3.05) is 48.3 Å². The number of hydrogen-bond acceptors (Lipinski definition) is 11. The summed E-state index contributed by atoms with van der Waals surface area (Å²) in [5, 5.41) is 15.3. The molecule has 0 bridgehead atoms. The van der Waals surface area contributed by atoms with Gasteiger partial charge in [-0.15, -0.1) is 10.2 Å². The second-order valence-electron chi connectivity index (χ2n) is 8.68. The average molecular weight is 512 g/mol. The van der Waals surface area contributed by atoms with Crippen LogP contribution in [0.5, 0.6) is 0 Å². The molecule has 1 aliphatic heterocycles. The molecule has 12 heteroatoms. The lowest BCUT2D eigenvalue weighted by Gasteiger charge is -2.34. The predicted molar refractivity (Wildman–Crippen MR) is 138 cm³/mol. The molecule has 0 radical (unpaired) electrons. The van der Waals surface area contributed by atoms with Gasteiger partial charge < -0.3 is 10.2 Å². The summed E-state index contributed by atoms with van der Waals surface area (Å²) in [5.41, 5.74) is 2.47. The van der Waals surface area contributed by atoms with Crippen molar-refractivity contribution < 1.29 is 4.79 Å². The van der Waals surface area contributed by atoms with Crippen LogP contribution in [0.2, 0.25) is 0 Å². The zero-order valence-electron chi connectivity index (χ0n) is 19.7. The van der Waals surface area contributed by atoms with E-state index in [0.717, 1.165) is 56.1 Å². The van der Waals surface area contributed by atoms with Crippen LogP contribution in [0.4, 0.5) is 22.7 Å². The van der Waals surface area contributed by atoms with Crippen LogP contribution in [0.1, 0.15) is 32.6 Å². The van der Waals surface area contributed by atoms with E-state index >= 15 is 0 Å². The highest BCUT2D eigenvalue weighted by Gasteiger charge is 2.29. The van der Waals surface area contributed by atoms with E-state index in [1.165, 1.54) is 35.9 Å². The van der Waals surface area contributed by atoms with Gasteiger partial charge in [-0.1, -0.05) is 24.7 Å². The molecule has 1 aromatic carbocycles. The molecule has 2 aromatic heterocycles. The minimum atomic E-state index is 0.106. The molecule has 1 saturated heterocycles. The van der Waals surface area contributed by atoms with E-state index in [9.17, 15) is 4.79 Å². The number of amides is 1. The Kier molecular flexibility index (Phi) is 7.69. The maximum Gasteiger partial charge on any atom is 0.234 e. The molecule has 10 nitrogen and oxygen atoms in total. The van der Waals surface area contributed by atoms with Crippen molar-refractivity contribution in [2.24, 2.45) is 5.92 Å². The lowest BCUT2D eigenvalue weighted by molar-refractivity contribution is -0.117. The number of rotatable bonds is 10. The number of nitrogens with one attached hydrogen (secondary N) is 2. The molecule has 35 heavy (non-hydrogen) atoms. The Morgan fingerprint density at radius 1 is 1.11 bits per heavy atom. The van der Waals surface area contributed by atoms with Crippen LogP contribution >= 0.6 is 23.1 Å². The Hall–Kier alpha value is -2.83. The second kappa shape index (κ2) is 11.3. The van der Waals surface area contributed by atoms with Crippen molar-refractivity contribution in [3.63, 3.8) is 0 Å². The van der Waals surface area contributed by atoms with Crippen molar-refractivity contribution >= 4 is 51.7 Å². The number of carbonyl (C=O) groups is 1. The highest BCUT2D eigenvalue weighted by Crippen LogP contribution is 2.31. The number of carbonyl (C=O) groups excluding carboxylic acids is 1. The van der Waals surface area contributed by atoms with Gasteiger partial charge in [-0.2, -0.15) is 15.0 Å². The highest BCUT2D eigenvalue weighted by atomic mass is 32.2. The topological polar surface area (TPSA) is 112 Å². The van der Waals surface area contributed by atoms with Crippen LogP contribution in [0.15, 0.2) is 39.8 Å². The fourth-order valence-corrected chi connectivity index (χ4v) is 4.95. The van der Waals surface area contributed by atoms with Crippen molar-refractivity contribution in [1.29, 1.82) is 0 Å². The Morgan fingerprint density at radius 3 is 2.60 bits per heavy atom. The van der Waals surface area contributed by atoms with E-state index < -0.39 is 0 Å². The van der Waals surface area contributed by atoms with Crippen LogP contribution in [-0.4, -0.2) is 68.7 Å². The summed E-state index contributed by atoms with van der Waals surface area (Å²) < 4.78 is 0. The van der Waals surface area contributed by atoms with Crippen molar-refractivity contribution in [1.82, 2.24) is 30.0 Å². The molecular formula is C23H29N9OS2. The van der Waals surface area contributed by atoms with Crippen molar-refractivity contribution in [2.45, 2.75) is 42.7 Å². The van der Waals surface area contributed by atoms with Gasteiger partial charge in [-0.25, -0.2) is 0 Å². The lowest BCUT2D eigenvalue weighted by atomic mass is 10.2. The van der Waals surface area contributed by atoms with E-state index in [1.807, 2.05) is 24.3 Å². The average Bonchev–Trinajstić information content (AvgIpc) is 3.61. The molecule has 0 atom stereocenters. The first kappa shape index (κ1) is 23.9. The van der Waals surface area contributed by atoms with Gasteiger partial charge in [0.05, 0.1) is 0 Å². The molecule has 2 N–H and O–H groups in total. The first-order chi connectivity index (χ1) is 17.2. The molecule has 2 fully saturated rings. The van der Waals surface area contributed by atoms with Gasteiger partial charge in [0, 0.05) is 42.7 Å².